The van der Waals surface area contributed by atoms with E-state index in [-0.39, 0.29) is 0 Å². The van der Waals surface area contributed by atoms with Crippen LogP contribution in [0.4, 0.5) is 0 Å². The zero-order valence-electron chi connectivity index (χ0n) is 12.5. The topological polar surface area (TPSA) is 24.9 Å². The number of rotatable bonds is 4. The fraction of sp³-hybridized carbons (Fsp3) is 0.500. The first-order valence-corrected chi connectivity index (χ1v) is 7.79. The fourth-order valence-electron chi connectivity index (χ4n) is 3.81. The molecule has 0 bridgehead atoms. The van der Waals surface area contributed by atoms with E-state index >= 15 is 0 Å². The number of nitrogens with one attached hydrogen (secondary N) is 1. The lowest BCUT2D eigenvalue weighted by molar-refractivity contribution is 0.308. The first-order chi connectivity index (χ1) is 9.79. The van der Waals surface area contributed by atoms with E-state index in [0.29, 0.717) is 6.04 Å². The average molecular weight is 268 g/mol. The van der Waals surface area contributed by atoms with Gasteiger partial charge in [-0.05, 0) is 49.4 Å². The molecule has 106 valence electrons. The highest BCUT2D eigenvalue weighted by Crippen LogP contribution is 2.35. The van der Waals surface area contributed by atoms with Gasteiger partial charge in [0.1, 0.15) is 0 Å². The standard InChI is InChI=1S/C18H24N2/c1-13-6-5-8-15(13)18(19-2)12-14-10-11-20-17-9-4-3-7-16(14)17/h3-4,7,9-11,13,15,18-19H,5-6,8,12H2,1-2H3. The van der Waals surface area contributed by atoms with Crippen LogP contribution in [-0.4, -0.2) is 18.1 Å². The Bertz CT molecular complexity index is 573. The molecule has 0 saturated heterocycles. The monoisotopic (exact) mass is 268 g/mol. The van der Waals surface area contributed by atoms with Crippen LogP contribution in [0.1, 0.15) is 31.7 Å². The summed E-state index contributed by atoms with van der Waals surface area (Å²) in [6.45, 7) is 2.41. The van der Waals surface area contributed by atoms with Gasteiger partial charge in [-0.1, -0.05) is 38.0 Å². The summed E-state index contributed by atoms with van der Waals surface area (Å²) in [5.74, 6) is 1.66. The van der Waals surface area contributed by atoms with Crippen LogP contribution in [0.5, 0.6) is 0 Å². The molecule has 1 aliphatic carbocycles. The van der Waals surface area contributed by atoms with Gasteiger partial charge < -0.3 is 5.32 Å². The van der Waals surface area contributed by atoms with Gasteiger partial charge in [-0.25, -0.2) is 0 Å². The minimum atomic E-state index is 0.582. The van der Waals surface area contributed by atoms with Gasteiger partial charge in [0.15, 0.2) is 0 Å². The number of fused-ring (bicyclic) bond motifs is 1. The Balaban J connectivity index is 1.87. The van der Waals surface area contributed by atoms with Crippen LogP contribution in [0.3, 0.4) is 0 Å². The molecule has 1 N–H and O–H groups in total. The first kappa shape index (κ1) is 13.6. The lowest BCUT2D eigenvalue weighted by Crippen LogP contribution is -2.36. The SMILES string of the molecule is CNC(Cc1ccnc2ccccc12)C1CCCC1C. The third kappa shape index (κ3) is 2.57. The number of benzene rings is 1. The van der Waals surface area contributed by atoms with Crippen molar-refractivity contribution in [2.24, 2.45) is 11.8 Å². The molecule has 0 aliphatic heterocycles. The molecule has 0 spiro atoms. The number of nitrogens with zero attached hydrogens (tertiary/aromatic N) is 1. The second-order valence-electron chi connectivity index (χ2n) is 6.16. The van der Waals surface area contributed by atoms with Gasteiger partial charge in [0.25, 0.3) is 0 Å². The number of pyridine rings is 1. The van der Waals surface area contributed by atoms with E-state index in [4.69, 9.17) is 0 Å². The highest BCUT2D eigenvalue weighted by molar-refractivity contribution is 5.81. The molecular weight excluding hydrogens is 244 g/mol. The molecule has 0 radical (unpaired) electrons. The molecule has 0 amide bonds. The molecule has 2 nitrogen and oxygen atoms in total. The fourth-order valence-corrected chi connectivity index (χ4v) is 3.81. The molecule has 3 rings (SSSR count). The summed E-state index contributed by atoms with van der Waals surface area (Å²) in [5.41, 5.74) is 2.54. The van der Waals surface area contributed by atoms with E-state index in [1.165, 1.54) is 30.2 Å². The van der Waals surface area contributed by atoms with Crippen LogP contribution in [-0.2, 0) is 6.42 Å². The lowest BCUT2D eigenvalue weighted by atomic mass is 9.86. The van der Waals surface area contributed by atoms with Crippen molar-refractivity contribution in [2.45, 2.75) is 38.6 Å². The average Bonchev–Trinajstić information content (AvgIpc) is 2.91. The Morgan fingerprint density at radius 2 is 2.10 bits per heavy atom. The van der Waals surface area contributed by atoms with Crippen LogP contribution in [0.2, 0.25) is 0 Å². The predicted molar refractivity (Wildman–Crippen MR) is 84.8 cm³/mol. The van der Waals surface area contributed by atoms with Gasteiger partial charge in [0, 0.05) is 17.6 Å². The zero-order chi connectivity index (χ0) is 13.9. The zero-order valence-corrected chi connectivity index (χ0v) is 12.5. The van der Waals surface area contributed by atoms with Crippen molar-refractivity contribution in [3.05, 3.63) is 42.1 Å². The number of aromatic nitrogens is 1. The Labute approximate surface area is 121 Å². The molecule has 3 unspecified atom stereocenters. The Morgan fingerprint density at radius 3 is 2.85 bits per heavy atom. The maximum atomic E-state index is 4.47. The van der Waals surface area contributed by atoms with Crippen LogP contribution in [0.15, 0.2) is 36.5 Å². The van der Waals surface area contributed by atoms with Gasteiger partial charge in [0.05, 0.1) is 5.52 Å². The van der Waals surface area contributed by atoms with Crippen molar-refractivity contribution in [1.29, 1.82) is 0 Å². The molecule has 3 atom stereocenters. The van der Waals surface area contributed by atoms with Gasteiger partial charge in [-0.3, -0.25) is 4.98 Å². The highest BCUT2D eigenvalue weighted by atomic mass is 14.9. The Hall–Kier alpha value is -1.41. The van der Waals surface area contributed by atoms with Crippen molar-refractivity contribution in [3.63, 3.8) is 0 Å². The summed E-state index contributed by atoms with van der Waals surface area (Å²) >= 11 is 0. The quantitative estimate of drug-likeness (QED) is 0.912. The van der Waals surface area contributed by atoms with Crippen molar-refractivity contribution in [2.75, 3.05) is 7.05 Å². The Morgan fingerprint density at radius 1 is 1.25 bits per heavy atom. The summed E-state index contributed by atoms with van der Waals surface area (Å²) in [6, 6.07) is 11.2. The lowest BCUT2D eigenvalue weighted by Gasteiger charge is -2.27. The van der Waals surface area contributed by atoms with Crippen molar-refractivity contribution in [3.8, 4) is 0 Å². The number of para-hydroxylation sites is 1. The maximum Gasteiger partial charge on any atom is 0.0704 e. The molecule has 1 aromatic heterocycles. The van der Waals surface area contributed by atoms with E-state index in [1.54, 1.807) is 0 Å². The minimum absolute atomic E-state index is 0.582. The smallest absolute Gasteiger partial charge is 0.0704 e. The second-order valence-corrected chi connectivity index (χ2v) is 6.16. The highest BCUT2D eigenvalue weighted by Gasteiger charge is 2.30. The van der Waals surface area contributed by atoms with Crippen molar-refractivity contribution >= 4 is 10.9 Å². The van der Waals surface area contributed by atoms with Gasteiger partial charge in [-0.15, -0.1) is 0 Å². The third-order valence-electron chi connectivity index (χ3n) is 4.99. The van der Waals surface area contributed by atoms with Crippen molar-refractivity contribution in [1.82, 2.24) is 10.3 Å². The molecule has 2 aromatic rings. The van der Waals surface area contributed by atoms with Crippen LogP contribution in [0, 0.1) is 11.8 Å². The third-order valence-corrected chi connectivity index (χ3v) is 4.99. The molecular formula is C18H24N2. The summed E-state index contributed by atoms with van der Waals surface area (Å²) in [4.78, 5) is 4.47. The van der Waals surface area contributed by atoms with E-state index in [2.05, 4.69) is 54.6 Å². The molecule has 20 heavy (non-hydrogen) atoms. The first-order valence-electron chi connectivity index (χ1n) is 7.79. The largest absolute Gasteiger partial charge is 0.316 e. The van der Waals surface area contributed by atoms with Gasteiger partial charge in [-0.2, -0.15) is 0 Å². The Kier molecular flexibility index (Phi) is 4.02. The van der Waals surface area contributed by atoms with Crippen molar-refractivity contribution < 1.29 is 0 Å². The molecule has 1 aromatic carbocycles. The number of hydrogen-bond acceptors (Lipinski definition) is 2. The van der Waals surface area contributed by atoms with Gasteiger partial charge >= 0.3 is 0 Å². The number of hydrogen-bond donors (Lipinski definition) is 1. The molecule has 1 aliphatic rings. The van der Waals surface area contributed by atoms with Gasteiger partial charge in [0.2, 0.25) is 0 Å². The maximum absolute atomic E-state index is 4.47. The summed E-state index contributed by atoms with van der Waals surface area (Å²) in [5, 5.41) is 4.87. The van der Waals surface area contributed by atoms with E-state index in [1.807, 2.05) is 6.20 Å². The summed E-state index contributed by atoms with van der Waals surface area (Å²) < 4.78 is 0. The number of likely N-dealkylation sites (N-methyl/N-ethyl adjacent to an activating group) is 1. The van der Waals surface area contributed by atoms with Crippen LogP contribution >= 0.6 is 0 Å². The molecule has 1 saturated carbocycles. The summed E-state index contributed by atoms with van der Waals surface area (Å²) in [7, 11) is 2.11. The van der Waals surface area contributed by atoms with E-state index < -0.39 is 0 Å². The predicted octanol–water partition coefficient (Wildman–Crippen LogP) is 3.80. The normalized spacial score (nSPS) is 24.1. The molecule has 2 heteroatoms. The molecule has 1 fully saturated rings. The minimum Gasteiger partial charge on any atom is -0.316 e. The van der Waals surface area contributed by atoms with Crippen LogP contribution < -0.4 is 5.32 Å². The van der Waals surface area contributed by atoms with E-state index in [9.17, 15) is 0 Å². The molecule has 1 heterocycles. The second kappa shape index (κ2) is 5.92. The summed E-state index contributed by atoms with van der Waals surface area (Å²) in [6.07, 6.45) is 7.20. The van der Waals surface area contributed by atoms with Crippen LogP contribution in [0.25, 0.3) is 10.9 Å². The van der Waals surface area contributed by atoms with E-state index in [0.717, 1.165) is 23.8 Å².